The third kappa shape index (κ3) is 5.17. The smallest absolute Gasteiger partial charge is 0.418 e. The summed E-state index contributed by atoms with van der Waals surface area (Å²) in [7, 11) is 2.70. The van der Waals surface area contributed by atoms with Crippen LogP contribution in [0.5, 0.6) is 5.75 Å². The Labute approximate surface area is 196 Å². The van der Waals surface area contributed by atoms with Crippen LogP contribution in [0, 0.1) is 11.3 Å². The summed E-state index contributed by atoms with van der Waals surface area (Å²) in [4.78, 5) is 12.9. The van der Waals surface area contributed by atoms with Crippen LogP contribution in [0.1, 0.15) is 44.4 Å². The monoisotopic (exact) mass is 484 g/mol. The van der Waals surface area contributed by atoms with Crippen LogP contribution in [0.25, 0.3) is 0 Å². The lowest BCUT2D eigenvalue weighted by Gasteiger charge is -2.35. The molecule has 7 nitrogen and oxygen atoms in total. The average molecular weight is 485 g/mol. The van der Waals surface area contributed by atoms with Crippen LogP contribution in [0.15, 0.2) is 41.3 Å². The quantitative estimate of drug-likeness (QED) is 0.511. The number of carbonyl (C=O) groups is 1. The van der Waals surface area contributed by atoms with Crippen LogP contribution in [-0.2, 0) is 11.2 Å². The lowest BCUT2D eigenvalue weighted by Crippen LogP contribution is -2.45. The molecule has 1 unspecified atom stereocenters. The van der Waals surface area contributed by atoms with Crippen molar-refractivity contribution < 1.29 is 37.7 Å². The van der Waals surface area contributed by atoms with Crippen molar-refractivity contribution in [1.29, 1.82) is 0 Å². The summed E-state index contributed by atoms with van der Waals surface area (Å²) in [6.07, 6.45) is -6.73. The number of methoxy groups -OCH3 is 2. The van der Waals surface area contributed by atoms with E-state index in [2.05, 4.69) is 10.6 Å². The van der Waals surface area contributed by atoms with Crippen molar-refractivity contribution in [3.63, 3.8) is 0 Å². The average Bonchev–Trinajstić information content (AvgIpc) is 3.06. The predicted octanol–water partition coefficient (Wildman–Crippen LogP) is 3.73. The molecule has 2 aliphatic carbocycles. The van der Waals surface area contributed by atoms with E-state index in [1.807, 2.05) is 20.8 Å². The molecule has 0 radical (unpaired) electrons. The third-order valence-corrected chi connectivity index (χ3v) is 6.36. The van der Waals surface area contributed by atoms with E-state index in [-0.39, 0.29) is 17.9 Å². The highest BCUT2D eigenvalue weighted by Gasteiger charge is 2.45. The molecule has 0 saturated heterocycles. The number of amides is 2. The Kier molecular flexibility index (Phi) is 7.23. The number of rotatable bonds is 5. The number of aliphatic hydroxyl groups is 2. The number of urea groups is 1. The molecule has 2 aliphatic rings. The first-order valence-corrected chi connectivity index (χ1v) is 10.9. The Morgan fingerprint density at radius 2 is 1.82 bits per heavy atom. The highest BCUT2D eigenvalue weighted by atomic mass is 19.4. The molecule has 0 bridgehead atoms. The standard InChI is InChI=1S/C24H31F3N2O5/c1-23(2,3)12-9-15(21(31)24(25,26)27)20(34-5)17(10-12)29-22(32)28-16-11-14-13(19(16)30)7-6-8-18(14)33-4/h6-9,12,16,19,21,30-31H,10-11H2,1-5H3,(H2,28,29,32)/t12?,16-,19+,21-/m1/s1. The molecule has 0 aliphatic heterocycles. The molecule has 1 aromatic carbocycles. The van der Waals surface area contributed by atoms with Gasteiger partial charge in [-0.2, -0.15) is 13.2 Å². The van der Waals surface area contributed by atoms with Crippen molar-refractivity contribution in [3.8, 4) is 5.75 Å². The van der Waals surface area contributed by atoms with Crippen molar-refractivity contribution in [2.45, 2.75) is 58.0 Å². The number of hydrogen-bond acceptors (Lipinski definition) is 5. The van der Waals surface area contributed by atoms with Gasteiger partial charge in [0.25, 0.3) is 0 Å². The summed E-state index contributed by atoms with van der Waals surface area (Å²) < 4.78 is 50.6. The van der Waals surface area contributed by atoms with Gasteiger partial charge in [-0.15, -0.1) is 0 Å². The number of nitrogens with one attached hydrogen (secondary N) is 2. The maximum Gasteiger partial charge on any atom is 0.418 e. The number of allylic oxidation sites excluding steroid dienone is 2. The molecular weight excluding hydrogens is 453 g/mol. The fraction of sp³-hybridized carbons (Fsp3) is 0.542. The van der Waals surface area contributed by atoms with Crippen LogP contribution in [0.4, 0.5) is 18.0 Å². The van der Waals surface area contributed by atoms with E-state index in [4.69, 9.17) is 9.47 Å². The first-order valence-electron chi connectivity index (χ1n) is 10.9. The van der Waals surface area contributed by atoms with Gasteiger partial charge in [0.15, 0.2) is 6.10 Å². The highest BCUT2D eigenvalue weighted by molar-refractivity contribution is 5.77. The molecule has 0 heterocycles. The number of fused-ring (bicyclic) bond motifs is 1. The highest BCUT2D eigenvalue weighted by Crippen LogP contribution is 2.42. The topological polar surface area (TPSA) is 100 Å². The number of aliphatic hydroxyl groups excluding tert-OH is 2. The third-order valence-electron chi connectivity index (χ3n) is 6.36. The number of carbonyl (C=O) groups excluding carboxylic acids is 1. The first kappa shape index (κ1) is 25.9. The van der Waals surface area contributed by atoms with Gasteiger partial charge in [-0.25, -0.2) is 4.79 Å². The predicted molar refractivity (Wildman–Crippen MR) is 119 cm³/mol. The fourth-order valence-electron chi connectivity index (χ4n) is 4.42. The van der Waals surface area contributed by atoms with Gasteiger partial charge in [-0.3, -0.25) is 0 Å². The molecule has 34 heavy (non-hydrogen) atoms. The number of ether oxygens (including phenoxy) is 2. The van der Waals surface area contributed by atoms with Crippen LogP contribution in [0.2, 0.25) is 0 Å². The largest absolute Gasteiger partial charge is 0.496 e. The molecule has 2 amide bonds. The van der Waals surface area contributed by atoms with Crippen molar-refractivity contribution in [2.75, 3.05) is 14.2 Å². The Hall–Kier alpha value is -2.72. The lowest BCUT2D eigenvalue weighted by atomic mass is 9.74. The number of hydrogen-bond donors (Lipinski definition) is 4. The first-order chi connectivity index (χ1) is 15.8. The molecule has 10 heteroatoms. The van der Waals surface area contributed by atoms with E-state index >= 15 is 0 Å². The van der Waals surface area contributed by atoms with Gasteiger partial charge in [-0.1, -0.05) is 39.0 Å². The minimum Gasteiger partial charge on any atom is -0.496 e. The summed E-state index contributed by atoms with van der Waals surface area (Å²) in [5, 5.41) is 25.9. The molecule has 3 rings (SSSR count). The van der Waals surface area contributed by atoms with Crippen molar-refractivity contribution >= 4 is 6.03 Å². The van der Waals surface area contributed by atoms with Crippen LogP contribution in [-0.4, -0.2) is 48.8 Å². The van der Waals surface area contributed by atoms with Gasteiger partial charge >= 0.3 is 12.2 Å². The number of alkyl halides is 3. The lowest BCUT2D eigenvalue weighted by molar-refractivity contribution is -0.191. The van der Waals surface area contributed by atoms with Crippen LogP contribution >= 0.6 is 0 Å². The molecule has 4 N–H and O–H groups in total. The summed E-state index contributed by atoms with van der Waals surface area (Å²) in [6.45, 7) is 5.59. The van der Waals surface area contributed by atoms with Crippen molar-refractivity contribution in [1.82, 2.24) is 10.6 Å². The van der Waals surface area contributed by atoms with Gasteiger partial charge in [0, 0.05) is 11.1 Å². The molecule has 4 atom stereocenters. The van der Waals surface area contributed by atoms with Crippen LogP contribution < -0.4 is 15.4 Å². The van der Waals surface area contributed by atoms with E-state index in [1.165, 1.54) is 20.3 Å². The van der Waals surface area contributed by atoms with E-state index in [9.17, 15) is 28.2 Å². The van der Waals surface area contributed by atoms with Gasteiger partial charge in [-0.05, 0) is 35.8 Å². The zero-order chi connectivity index (χ0) is 25.4. The Bertz CT molecular complexity index is 997. The van der Waals surface area contributed by atoms with E-state index < -0.39 is 47.4 Å². The second-order valence-electron chi connectivity index (χ2n) is 9.64. The molecule has 0 fully saturated rings. The molecular formula is C24H31F3N2O5. The minimum absolute atomic E-state index is 0.128. The van der Waals surface area contributed by atoms with E-state index in [1.54, 1.807) is 18.2 Å². The van der Waals surface area contributed by atoms with E-state index in [0.717, 1.165) is 5.56 Å². The SMILES string of the molecule is COC1=C(NC(=O)N[C@@H]2Cc3c(OC)cccc3[C@@H]2O)CC(C(C)(C)C)C=C1[C@@H](O)C(F)(F)F. The zero-order valence-electron chi connectivity index (χ0n) is 19.8. The maximum absolute atomic E-state index is 13.4. The molecule has 1 aromatic rings. The second kappa shape index (κ2) is 9.50. The fourth-order valence-corrected chi connectivity index (χ4v) is 4.42. The summed E-state index contributed by atoms with van der Waals surface area (Å²) >= 11 is 0. The maximum atomic E-state index is 13.4. The van der Waals surface area contributed by atoms with Crippen molar-refractivity contribution in [2.24, 2.45) is 11.3 Å². The molecule has 0 saturated carbocycles. The van der Waals surface area contributed by atoms with Crippen molar-refractivity contribution in [3.05, 3.63) is 52.4 Å². The second-order valence-corrected chi connectivity index (χ2v) is 9.64. The number of halogens is 3. The van der Waals surface area contributed by atoms with Gasteiger partial charge in [0.05, 0.1) is 32.1 Å². The molecule has 0 aromatic heterocycles. The Balaban J connectivity index is 1.84. The summed E-state index contributed by atoms with van der Waals surface area (Å²) in [5.74, 6) is -0.0291. The summed E-state index contributed by atoms with van der Waals surface area (Å²) in [6, 6.07) is 3.90. The van der Waals surface area contributed by atoms with Gasteiger partial charge < -0.3 is 30.3 Å². The normalized spacial score (nSPS) is 23.7. The summed E-state index contributed by atoms with van der Waals surface area (Å²) in [5.41, 5.74) is 0.672. The zero-order valence-corrected chi connectivity index (χ0v) is 19.8. The minimum atomic E-state index is -4.90. The van der Waals surface area contributed by atoms with Gasteiger partial charge in [0.2, 0.25) is 0 Å². The van der Waals surface area contributed by atoms with E-state index in [0.29, 0.717) is 17.7 Å². The Morgan fingerprint density at radius 3 is 2.38 bits per heavy atom. The van der Waals surface area contributed by atoms with Gasteiger partial charge in [0.1, 0.15) is 11.5 Å². The van der Waals surface area contributed by atoms with Crippen LogP contribution in [0.3, 0.4) is 0 Å². The number of benzene rings is 1. The molecule has 188 valence electrons. The Morgan fingerprint density at radius 1 is 1.15 bits per heavy atom. The molecule has 0 spiro atoms.